The zero-order valence-corrected chi connectivity index (χ0v) is 8.69. The van der Waals surface area contributed by atoms with Gasteiger partial charge in [0, 0.05) is 6.08 Å². The van der Waals surface area contributed by atoms with E-state index < -0.39 is 0 Å². The van der Waals surface area contributed by atoms with E-state index in [0.29, 0.717) is 5.28 Å². The number of allylic oxidation sites excluding steroid dienone is 1. The van der Waals surface area contributed by atoms with Crippen molar-refractivity contribution in [2.24, 2.45) is 5.10 Å². The van der Waals surface area contributed by atoms with Crippen LogP contribution in [0.4, 0.5) is 0 Å². The molecule has 0 amide bonds. The van der Waals surface area contributed by atoms with E-state index in [0.717, 1.165) is 0 Å². The van der Waals surface area contributed by atoms with Crippen LogP contribution >= 0.6 is 23.2 Å². The molecule has 0 atom stereocenters. The molecule has 1 rings (SSSR count). The molecular weight excluding hydrogens is 188 g/mol. The third kappa shape index (κ3) is 3.09. The first kappa shape index (κ1) is 10.6. The maximum Gasteiger partial charge on any atom is 1.00 e. The van der Waals surface area contributed by atoms with E-state index in [4.69, 9.17) is 28.4 Å². The summed E-state index contributed by atoms with van der Waals surface area (Å²) in [6.45, 7) is 0. The summed E-state index contributed by atoms with van der Waals surface area (Å²) in [5, 5.41) is 12.7. The van der Waals surface area contributed by atoms with Gasteiger partial charge in [-0.1, -0.05) is 28.5 Å². The maximum atomic E-state index is 8.57. The summed E-state index contributed by atoms with van der Waals surface area (Å²) >= 11 is 10.7. The van der Waals surface area contributed by atoms with Gasteiger partial charge >= 0.3 is 29.6 Å². The Labute approximate surface area is 91.2 Å². The number of hydrazine groups is 1. The number of hydrogen-bond acceptors (Lipinski definition) is 4. The Bertz CT molecular complexity index is 187. The smallest absolute Gasteiger partial charge is 1.00 e. The van der Waals surface area contributed by atoms with Gasteiger partial charge in [-0.2, -0.15) is 0 Å². The average molecular weight is 192 g/mol. The SMILES string of the molecule is ON1N=C(Cl)C=C(Cl)N1.[H-].[Na+]. The second-order valence-corrected chi connectivity index (χ2v) is 2.11. The van der Waals surface area contributed by atoms with Crippen LogP contribution in [0.1, 0.15) is 1.43 Å². The Balaban J connectivity index is 0. The monoisotopic (exact) mass is 191 g/mol. The van der Waals surface area contributed by atoms with E-state index in [2.05, 4.69) is 10.5 Å². The third-order valence-corrected chi connectivity index (χ3v) is 1.02. The maximum absolute atomic E-state index is 8.57. The number of rotatable bonds is 0. The Morgan fingerprint density at radius 3 is 2.70 bits per heavy atom. The molecule has 0 aromatic carbocycles. The quantitative estimate of drug-likeness (QED) is 0.343. The first-order chi connectivity index (χ1) is 4.18. The van der Waals surface area contributed by atoms with Crippen molar-refractivity contribution < 1.29 is 36.2 Å². The topological polar surface area (TPSA) is 47.9 Å². The molecule has 0 saturated carbocycles. The van der Waals surface area contributed by atoms with Crippen molar-refractivity contribution in [2.45, 2.75) is 0 Å². The van der Waals surface area contributed by atoms with E-state index in [1.807, 2.05) is 0 Å². The normalized spacial score (nSPS) is 16.5. The standard InChI is InChI=1S/C3H3Cl2N3O.Na.H/c4-2-1-3(5)7-8(9)6-2;;/h1,6,9H;;/q;+1;-1. The van der Waals surface area contributed by atoms with Gasteiger partial charge in [0.05, 0.1) is 0 Å². The molecule has 52 valence electrons. The number of nitrogens with one attached hydrogen (secondary N) is 1. The molecule has 1 heterocycles. The Kier molecular flexibility index (Phi) is 4.68. The van der Waals surface area contributed by atoms with Crippen LogP contribution in [0.2, 0.25) is 0 Å². The van der Waals surface area contributed by atoms with Crippen molar-refractivity contribution >= 4 is 28.4 Å². The van der Waals surface area contributed by atoms with Crippen LogP contribution in [0.3, 0.4) is 0 Å². The molecule has 0 radical (unpaired) electrons. The van der Waals surface area contributed by atoms with Crippen LogP contribution in [-0.2, 0) is 0 Å². The summed E-state index contributed by atoms with van der Waals surface area (Å²) in [7, 11) is 0. The molecule has 7 heteroatoms. The summed E-state index contributed by atoms with van der Waals surface area (Å²) in [4.78, 5) is 0. The molecular formula is C3H4Cl2N3NaO. The number of halogens is 2. The van der Waals surface area contributed by atoms with Crippen LogP contribution in [-0.4, -0.2) is 15.7 Å². The Morgan fingerprint density at radius 1 is 1.70 bits per heavy atom. The van der Waals surface area contributed by atoms with Crippen LogP contribution < -0.4 is 35.0 Å². The fourth-order valence-electron chi connectivity index (χ4n) is 0.377. The summed E-state index contributed by atoms with van der Waals surface area (Å²) < 4.78 is 0. The molecule has 0 saturated heterocycles. The van der Waals surface area contributed by atoms with Crippen molar-refractivity contribution in [2.75, 3.05) is 0 Å². The zero-order valence-electron chi connectivity index (χ0n) is 6.17. The minimum absolute atomic E-state index is 0. The van der Waals surface area contributed by atoms with Gasteiger partial charge < -0.3 is 1.43 Å². The predicted octanol–water partition coefficient (Wildman–Crippen LogP) is -2.06. The van der Waals surface area contributed by atoms with E-state index in [9.17, 15) is 0 Å². The van der Waals surface area contributed by atoms with Gasteiger partial charge in [0.25, 0.3) is 0 Å². The summed E-state index contributed by atoms with van der Waals surface area (Å²) in [5.41, 5.74) is 2.25. The largest absolute Gasteiger partial charge is 1.00 e. The van der Waals surface area contributed by atoms with E-state index >= 15 is 0 Å². The van der Waals surface area contributed by atoms with Gasteiger partial charge in [-0.15, -0.1) is 5.10 Å². The van der Waals surface area contributed by atoms with Crippen molar-refractivity contribution in [3.05, 3.63) is 11.2 Å². The van der Waals surface area contributed by atoms with Crippen LogP contribution in [0, 0.1) is 0 Å². The number of hydrogen-bond donors (Lipinski definition) is 2. The first-order valence-electron chi connectivity index (χ1n) is 2.05. The molecule has 0 aromatic heterocycles. The predicted molar refractivity (Wildman–Crippen MR) is 35.1 cm³/mol. The van der Waals surface area contributed by atoms with Crippen molar-refractivity contribution in [3.63, 3.8) is 0 Å². The first-order valence-corrected chi connectivity index (χ1v) is 2.81. The molecule has 2 N–H and O–H groups in total. The van der Waals surface area contributed by atoms with Gasteiger partial charge in [-0.3, -0.25) is 5.21 Å². The van der Waals surface area contributed by atoms with Crippen molar-refractivity contribution in [1.82, 2.24) is 10.7 Å². The minimum Gasteiger partial charge on any atom is -1.00 e. The zero-order chi connectivity index (χ0) is 6.85. The Hall–Kier alpha value is 0.550. The summed E-state index contributed by atoms with van der Waals surface area (Å²) in [6.07, 6.45) is 1.37. The second-order valence-electron chi connectivity index (χ2n) is 1.32. The van der Waals surface area contributed by atoms with Crippen LogP contribution in [0.15, 0.2) is 16.3 Å². The summed E-state index contributed by atoms with van der Waals surface area (Å²) in [5.74, 6) is 0. The fraction of sp³-hybridized carbons (Fsp3) is 0. The molecule has 4 nitrogen and oxygen atoms in total. The van der Waals surface area contributed by atoms with E-state index in [1.165, 1.54) is 6.08 Å². The minimum atomic E-state index is 0. The second kappa shape index (κ2) is 4.43. The summed E-state index contributed by atoms with van der Waals surface area (Å²) in [6, 6.07) is 0. The van der Waals surface area contributed by atoms with Crippen molar-refractivity contribution in [1.29, 1.82) is 0 Å². The molecule has 10 heavy (non-hydrogen) atoms. The van der Waals surface area contributed by atoms with Gasteiger partial charge in [0.1, 0.15) is 5.16 Å². The number of nitrogens with zero attached hydrogens (tertiary/aromatic N) is 2. The fourth-order valence-corrected chi connectivity index (χ4v) is 0.792. The van der Waals surface area contributed by atoms with E-state index in [1.54, 1.807) is 0 Å². The molecule has 0 spiro atoms. The molecule has 0 aliphatic carbocycles. The molecule has 0 unspecified atom stereocenters. The van der Waals surface area contributed by atoms with Gasteiger partial charge in [0.15, 0.2) is 5.17 Å². The average Bonchev–Trinajstić information content (AvgIpc) is 1.59. The molecule has 1 aliphatic rings. The van der Waals surface area contributed by atoms with Crippen LogP contribution in [0.25, 0.3) is 0 Å². The third-order valence-electron chi connectivity index (χ3n) is 0.643. The van der Waals surface area contributed by atoms with Gasteiger partial charge in [0.2, 0.25) is 0 Å². The van der Waals surface area contributed by atoms with Gasteiger partial charge in [-0.25, -0.2) is 5.43 Å². The molecule has 1 aliphatic heterocycles. The van der Waals surface area contributed by atoms with E-state index in [-0.39, 0.29) is 41.3 Å². The van der Waals surface area contributed by atoms with Gasteiger partial charge in [-0.05, 0) is 0 Å². The van der Waals surface area contributed by atoms with Crippen molar-refractivity contribution in [3.8, 4) is 0 Å². The molecule has 0 fully saturated rings. The molecule has 0 aromatic rings. The van der Waals surface area contributed by atoms with Crippen LogP contribution in [0.5, 0.6) is 0 Å². The Morgan fingerprint density at radius 2 is 2.30 bits per heavy atom. The molecule has 0 bridgehead atoms. The number of hydrazone groups is 1.